The van der Waals surface area contributed by atoms with Gasteiger partial charge in [-0.2, -0.15) is 0 Å². The predicted octanol–water partition coefficient (Wildman–Crippen LogP) is 15.2. The number of ether oxygens (including phenoxy) is 2. The number of hydrogen-bond donors (Lipinski definition) is 0. The molecule has 0 aliphatic heterocycles. The van der Waals surface area contributed by atoms with E-state index in [1.54, 1.807) is 0 Å². The molecular weight excluding hydrogens is 681 g/mol. The van der Waals surface area contributed by atoms with Crippen LogP contribution in [0.2, 0.25) is 0 Å². The zero-order chi connectivity index (χ0) is 39.3. The van der Waals surface area contributed by atoms with E-state index >= 15 is 0 Å². The summed E-state index contributed by atoms with van der Waals surface area (Å²) in [6, 6.07) is 26.2. The van der Waals surface area contributed by atoms with E-state index in [1.165, 1.54) is 99.3 Å². The van der Waals surface area contributed by atoms with E-state index in [4.69, 9.17) is 9.47 Å². The molecule has 5 aliphatic carbocycles. The summed E-state index contributed by atoms with van der Waals surface area (Å²) in [5.74, 6) is 8.84. The third-order valence-corrected chi connectivity index (χ3v) is 16.9. The summed E-state index contributed by atoms with van der Waals surface area (Å²) in [6.07, 6.45) is 25.0. The van der Waals surface area contributed by atoms with Crippen LogP contribution >= 0.6 is 0 Å². The van der Waals surface area contributed by atoms with Crippen LogP contribution in [0.15, 0.2) is 96.6 Å². The first-order valence-corrected chi connectivity index (χ1v) is 22.8. The van der Waals surface area contributed by atoms with E-state index in [1.807, 2.05) is 0 Å². The van der Waals surface area contributed by atoms with Crippen LogP contribution in [-0.2, 0) is 5.41 Å². The molecule has 0 amide bonds. The van der Waals surface area contributed by atoms with E-state index in [0.717, 1.165) is 65.1 Å². The smallest absolute Gasteiger partial charge is 0.128 e. The molecule has 0 N–H and O–H groups in total. The molecule has 2 heteroatoms. The molecule has 300 valence electrons. The highest BCUT2D eigenvalue weighted by Crippen LogP contribution is 2.70. The largest absolute Gasteiger partial charge is 0.483 e. The second kappa shape index (κ2) is 15.5. The zero-order valence-corrected chi connectivity index (χ0v) is 36.2. The van der Waals surface area contributed by atoms with Crippen LogP contribution in [-0.4, -0.2) is 5.60 Å². The third-order valence-electron chi connectivity index (χ3n) is 16.9. The van der Waals surface area contributed by atoms with Crippen molar-refractivity contribution in [3.63, 3.8) is 0 Å². The maximum absolute atomic E-state index is 6.66. The lowest BCUT2D eigenvalue weighted by Gasteiger charge is -2.63. The molecule has 0 spiro atoms. The molecule has 4 saturated carbocycles. The van der Waals surface area contributed by atoms with Crippen molar-refractivity contribution in [3.8, 4) is 17.2 Å². The van der Waals surface area contributed by atoms with Gasteiger partial charge in [0.1, 0.15) is 22.8 Å². The van der Waals surface area contributed by atoms with Crippen molar-refractivity contribution in [1.82, 2.24) is 0 Å². The number of benzene rings is 3. The van der Waals surface area contributed by atoms with Gasteiger partial charge in [-0.15, -0.1) is 0 Å². The maximum Gasteiger partial charge on any atom is 0.128 e. The first-order chi connectivity index (χ1) is 26.8. The summed E-state index contributed by atoms with van der Waals surface area (Å²) in [4.78, 5) is 0. The lowest BCUT2D eigenvalue weighted by atomic mass is 9.41. The van der Waals surface area contributed by atoms with Gasteiger partial charge in [0.05, 0.1) is 0 Å². The Morgan fingerprint density at radius 3 is 1.95 bits per heavy atom. The van der Waals surface area contributed by atoms with E-state index in [2.05, 4.69) is 146 Å². The summed E-state index contributed by atoms with van der Waals surface area (Å²) in [5, 5.41) is 0. The Labute approximate surface area is 341 Å². The Balaban J connectivity index is 1.04. The second-order valence-corrected chi connectivity index (χ2v) is 20.8. The average Bonchev–Trinajstić information content (AvgIpc) is 3.54. The molecule has 5 aliphatic rings. The molecule has 10 unspecified atom stereocenters. The van der Waals surface area contributed by atoms with Gasteiger partial charge in [-0.1, -0.05) is 114 Å². The van der Waals surface area contributed by atoms with Crippen LogP contribution in [0.4, 0.5) is 0 Å². The molecule has 4 fully saturated rings. The Morgan fingerprint density at radius 2 is 1.30 bits per heavy atom. The van der Waals surface area contributed by atoms with Gasteiger partial charge in [-0.05, 0) is 184 Å². The molecule has 0 aromatic heterocycles. The molecule has 0 bridgehead atoms. The van der Waals surface area contributed by atoms with E-state index in [0.29, 0.717) is 10.8 Å². The predicted molar refractivity (Wildman–Crippen MR) is 234 cm³/mol. The van der Waals surface area contributed by atoms with Crippen molar-refractivity contribution in [2.75, 3.05) is 0 Å². The van der Waals surface area contributed by atoms with E-state index < -0.39 is 0 Å². The highest BCUT2D eigenvalue weighted by molar-refractivity contribution is 5.48. The third kappa shape index (κ3) is 7.46. The van der Waals surface area contributed by atoms with Crippen LogP contribution in [0, 0.1) is 66.1 Å². The zero-order valence-electron chi connectivity index (χ0n) is 36.2. The highest BCUT2D eigenvalue weighted by Gasteiger charge is 2.62. The summed E-state index contributed by atoms with van der Waals surface area (Å²) >= 11 is 0. The van der Waals surface area contributed by atoms with Gasteiger partial charge in [-0.25, -0.2) is 0 Å². The van der Waals surface area contributed by atoms with Crippen molar-refractivity contribution < 1.29 is 9.47 Å². The summed E-state index contributed by atoms with van der Waals surface area (Å²) < 4.78 is 13.0. The highest BCUT2D eigenvalue weighted by atomic mass is 16.5. The monoisotopic (exact) mass is 753 g/mol. The van der Waals surface area contributed by atoms with Gasteiger partial charge in [0.15, 0.2) is 0 Å². The SMILES string of the molecule is Cc1ccc(Oc2ccc(C3(C4=CCC(C)(Oc5ccc(C)cc5)C=C4)CCC4(C)C(CCC5C4CCC4(C)C(C(C)CCCC(C)C)CCC54)C3)cc2)cc1. The van der Waals surface area contributed by atoms with Crippen molar-refractivity contribution in [1.29, 1.82) is 0 Å². The van der Waals surface area contributed by atoms with Crippen LogP contribution in [0.25, 0.3) is 0 Å². The van der Waals surface area contributed by atoms with Crippen molar-refractivity contribution in [3.05, 3.63) is 113 Å². The lowest BCUT2D eigenvalue weighted by molar-refractivity contribution is -0.122. The molecule has 0 radical (unpaired) electrons. The van der Waals surface area contributed by atoms with Gasteiger partial charge in [0.2, 0.25) is 0 Å². The summed E-state index contributed by atoms with van der Waals surface area (Å²) in [6.45, 7) is 19.4. The lowest BCUT2D eigenvalue weighted by Crippen LogP contribution is -2.55. The van der Waals surface area contributed by atoms with Crippen LogP contribution in [0.1, 0.15) is 142 Å². The van der Waals surface area contributed by atoms with Crippen molar-refractivity contribution in [2.45, 2.75) is 150 Å². The Bertz CT molecular complexity index is 1870. The molecule has 0 heterocycles. The Hall–Kier alpha value is -3.26. The number of aryl methyl sites for hydroxylation is 2. The van der Waals surface area contributed by atoms with Crippen molar-refractivity contribution in [2.24, 2.45) is 52.3 Å². The van der Waals surface area contributed by atoms with Gasteiger partial charge >= 0.3 is 0 Å². The number of hydrogen-bond acceptors (Lipinski definition) is 2. The number of fused-ring (bicyclic) bond motifs is 5. The minimum atomic E-state index is -0.354. The fraction of sp³-hybridized carbons (Fsp3) is 0.593. The Morgan fingerprint density at radius 1 is 0.661 bits per heavy atom. The normalized spacial score (nSPS) is 35.6. The fourth-order valence-electron chi connectivity index (χ4n) is 13.6. The molecule has 3 aromatic carbocycles. The molecule has 10 atom stereocenters. The number of allylic oxidation sites excluding steroid dienone is 2. The average molecular weight is 753 g/mol. The number of rotatable bonds is 11. The fourth-order valence-corrected chi connectivity index (χ4v) is 13.6. The Kier molecular flexibility index (Phi) is 10.9. The van der Waals surface area contributed by atoms with Crippen LogP contribution in [0.5, 0.6) is 17.2 Å². The van der Waals surface area contributed by atoms with Gasteiger partial charge in [0.25, 0.3) is 0 Å². The summed E-state index contributed by atoms with van der Waals surface area (Å²) in [7, 11) is 0. The maximum atomic E-state index is 6.66. The molecule has 8 rings (SSSR count). The van der Waals surface area contributed by atoms with E-state index in [-0.39, 0.29) is 11.0 Å². The standard InChI is InChI=1S/C54H72O2/c1-37(2)10-9-11-40(5)48-26-27-49-47-25-18-43-36-54(35-34-52(43,7)50(47)30-33-53(48,49)8,41-16-23-45(24-17-41)55-44-19-12-38(3)13-20-44)42-28-31-51(6,32-29-42)56-46-21-14-39(4)15-22-46/h12-17,19-24,28-29,31,37,40,43,47-50H,9-11,18,25-27,30,32-36H2,1-8H3. The van der Waals surface area contributed by atoms with E-state index in [9.17, 15) is 0 Å². The van der Waals surface area contributed by atoms with Crippen LogP contribution < -0.4 is 9.47 Å². The minimum absolute atomic E-state index is 0.00581. The van der Waals surface area contributed by atoms with Gasteiger partial charge < -0.3 is 9.47 Å². The van der Waals surface area contributed by atoms with Crippen molar-refractivity contribution >= 4 is 0 Å². The first-order valence-electron chi connectivity index (χ1n) is 22.8. The molecule has 3 aromatic rings. The quantitative estimate of drug-likeness (QED) is 0.194. The first kappa shape index (κ1) is 39.6. The summed E-state index contributed by atoms with van der Waals surface area (Å²) in [5.41, 5.74) is 6.08. The minimum Gasteiger partial charge on any atom is -0.483 e. The molecule has 2 nitrogen and oxygen atoms in total. The molecule has 56 heavy (non-hydrogen) atoms. The van der Waals surface area contributed by atoms with Crippen LogP contribution in [0.3, 0.4) is 0 Å². The van der Waals surface area contributed by atoms with Gasteiger partial charge in [-0.3, -0.25) is 0 Å². The topological polar surface area (TPSA) is 18.5 Å². The molecule has 0 saturated heterocycles. The molecular formula is C54H72O2. The second-order valence-electron chi connectivity index (χ2n) is 20.8. The van der Waals surface area contributed by atoms with Gasteiger partial charge in [0, 0.05) is 11.8 Å².